The Morgan fingerprint density at radius 3 is 2.94 bits per heavy atom. The minimum absolute atomic E-state index is 0.145. The Bertz CT molecular complexity index is 369. The van der Waals surface area contributed by atoms with Crippen LogP contribution in [0.3, 0.4) is 0 Å². The van der Waals surface area contributed by atoms with Gasteiger partial charge in [0.05, 0.1) is 17.6 Å². The van der Waals surface area contributed by atoms with Gasteiger partial charge >= 0.3 is 0 Å². The average Bonchev–Trinajstić information content (AvgIpc) is 2.58. The Kier molecular flexibility index (Phi) is 1.96. The molecule has 0 amide bonds. The Labute approximate surface area is 97.1 Å². The van der Waals surface area contributed by atoms with Gasteiger partial charge in [0.1, 0.15) is 6.29 Å². The van der Waals surface area contributed by atoms with E-state index in [2.05, 4.69) is 26.8 Å². The molecule has 2 aliphatic heterocycles. The molecule has 4 atom stereocenters. The van der Waals surface area contributed by atoms with E-state index in [1.54, 1.807) is 0 Å². The highest BCUT2D eigenvalue weighted by molar-refractivity contribution is 5.64. The first-order valence-electron chi connectivity index (χ1n) is 6.26. The molecule has 1 aliphatic carbocycles. The minimum Gasteiger partial charge on any atom is -0.369 e. The third-order valence-corrected chi connectivity index (χ3v) is 4.74. The van der Waals surface area contributed by atoms with E-state index in [9.17, 15) is 4.79 Å². The summed E-state index contributed by atoms with van der Waals surface area (Å²) in [5, 5.41) is 0. The summed E-state index contributed by atoms with van der Waals surface area (Å²) in [7, 11) is 0. The summed E-state index contributed by atoms with van der Waals surface area (Å²) in [6.45, 7) is 6.72. The van der Waals surface area contributed by atoms with Gasteiger partial charge in [-0.05, 0) is 31.6 Å². The van der Waals surface area contributed by atoms with Crippen LogP contribution < -0.4 is 0 Å². The molecule has 0 aromatic carbocycles. The van der Waals surface area contributed by atoms with Crippen LogP contribution in [0.15, 0.2) is 11.6 Å². The summed E-state index contributed by atoms with van der Waals surface area (Å²) < 4.78 is 6.01. The fourth-order valence-electron chi connectivity index (χ4n) is 4.24. The van der Waals surface area contributed by atoms with E-state index < -0.39 is 0 Å². The topological polar surface area (TPSA) is 26.3 Å². The van der Waals surface area contributed by atoms with Crippen molar-refractivity contribution in [2.75, 3.05) is 0 Å². The molecule has 0 N–H and O–H groups in total. The smallest absolute Gasteiger partial charge is 0.129 e. The van der Waals surface area contributed by atoms with Crippen LogP contribution >= 0.6 is 0 Å². The number of carbonyl (C=O) groups is 1. The molecule has 88 valence electrons. The van der Waals surface area contributed by atoms with E-state index in [0.717, 1.165) is 19.3 Å². The maximum Gasteiger partial charge on any atom is 0.129 e. The molecular weight excluding hydrogens is 200 g/mol. The van der Waals surface area contributed by atoms with Crippen molar-refractivity contribution in [3.05, 3.63) is 11.6 Å². The summed E-state index contributed by atoms with van der Waals surface area (Å²) in [6.07, 6.45) is 6.87. The number of hydrogen-bond donors (Lipinski definition) is 0. The molecule has 0 radical (unpaired) electrons. The van der Waals surface area contributed by atoms with Crippen LogP contribution in [-0.4, -0.2) is 18.5 Å². The van der Waals surface area contributed by atoms with Gasteiger partial charge in [0.15, 0.2) is 0 Å². The van der Waals surface area contributed by atoms with Crippen molar-refractivity contribution in [1.29, 1.82) is 0 Å². The minimum atomic E-state index is -0.192. The Hall–Kier alpha value is -0.630. The van der Waals surface area contributed by atoms with Gasteiger partial charge in [0, 0.05) is 5.92 Å². The summed E-state index contributed by atoms with van der Waals surface area (Å²) in [5.41, 5.74) is 1.50. The normalized spacial score (nSPS) is 48.7. The van der Waals surface area contributed by atoms with E-state index in [-0.39, 0.29) is 17.6 Å². The quantitative estimate of drug-likeness (QED) is 0.501. The molecule has 3 rings (SSSR count). The zero-order chi connectivity index (χ0) is 11.6. The number of rotatable bonds is 1. The second-order valence-corrected chi connectivity index (χ2v) is 6.69. The molecule has 2 heteroatoms. The van der Waals surface area contributed by atoms with Crippen molar-refractivity contribution in [3.63, 3.8) is 0 Å². The first kappa shape index (κ1) is 10.5. The van der Waals surface area contributed by atoms with Crippen LogP contribution in [0.4, 0.5) is 0 Å². The summed E-state index contributed by atoms with van der Waals surface area (Å²) in [5.74, 6) is 0.419. The molecule has 16 heavy (non-hydrogen) atoms. The monoisotopic (exact) mass is 220 g/mol. The lowest BCUT2D eigenvalue weighted by molar-refractivity contribution is -0.120. The SMILES string of the molecule is CC1=C[C@H]2O[C@@H](C1)C1(C=O)CC(C)(C)CC21. The van der Waals surface area contributed by atoms with Gasteiger partial charge in [-0.25, -0.2) is 0 Å². The first-order chi connectivity index (χ1) is 7.47. The third kappa shape index (κ3) is 1.20. The second-order valence-electron chi connectivity index (χ2n) is 6.69. The standard InChI is InChI=1S/C14H20O2/c1-9-4-11-10-6-13(2,3)7-14(10,8-15)12(5-9)16-11/h4,8,10-12H,5-7H2,1-3H3/t10?,11-,12+,14?/m1/s1. The molecule has 2 heterocycles. The van der Waals surface area contributed by atoms with Gasteiger partial charge in [-0.2, -0.15) is 0 Å². The van der Waals surface area contributed by atoms with Crippen molar-refractivity contribution in [3.8, 4) is 0 Å². The zero-order valence-electron chi connectivity index (χ0n) is 10.3. The van der Waals surface area contributed by atoms with Crippen LogP contribution in [-0.2, 0) is 9.53 Å². The lowest BCUT2D eigenvalue weighted by atomic mass is 9.74. The number of aldehydes is 1. The summed E-state index contributed by atoms with van der Waals surface area (Å²) in [4.78, 5) is 11.6. The van der Waals surface area contributed by atoms with Gasteiger partial charge in [-0.1, -0.05) is 25.5 Å². The van der Waals surface area contributed by atoms with Crippen molar-refractivity contribution < 1.29 is 9.53 Å². The van der Waals surface area contributed by atoms with Crippen molar-refractivity contribution >= 4 is 6.29 Å². The third-order valence-electron chi connectivity index (χ3n) is 4.74. The van der Waals surface area contributed by atoms with Crippen LogP contribution in [0.25, 0.3) is 0 Å². The zero-order valence-corrected chi connectivity index (χ0v) is 10.3. The predicted molar refractivity (Wildman–Crippen MR) is 62.0 cm³/mol. The Balaban J connectivity index is 2.04. The number of ether oxygens (including phenoxy) is 1. The van der Waals surface area contributed by atoms with Crippen molar-refractivity contribution in [2.45, 2.75) is 52.2 Å². The summed E-state index contributed by atoms with van der Waals surface area (Å²) >= 11 is 0. The molecule has 2 unspecified atom stereocenters. The highest BCUT2D eigenvalue weighted by Crippen LogP contribution is 2.62. The van der Waals surface area contributed by atoms with Crippen molar-refractivity contribution in [1.82, 2.24) is 0 Å². The van der Waals surface area contributed by atoms with E-state index in [1.807, 2.05) is 0 Å². The fraction of sp³-hybridized carbons (Fsp3) is 0.786. The predicted octanol–water partition coefficient (Wildman–Crippen LogP) is 2.73. The van der Waals surface area contributed by atoms with E-state index in [0.29, 0.717) is 11.3 Å². The van der Waals surface area contributed by atoms with Gasteiger partial charge in [0.25, 0.3) is 0 Å². The van der Waals surface area contributed by atoms with E-state index >= 15 is 0 Å². The number of fused-ring (bicyclic) bond motifs is 5. The highest BCUT2D eigenvalue weighted by Gasteiger charge is 2.63. The molecule has 0 spiro atoms. The van der Waals surface area contributed by atoms with Gasteiger partial charge in [0.2, 0.25) is 0 Å². The Morgan fingerprint density at radius 1 is 1.50 bits per heavy atom. The molecule has 2 fully saturated rings. The molecule has 0 aromatic rings. The Morgan fingerprint density at radius 2 is 2.25 bits per heavy atom. The van der Waals surface area contributed by atoms with Crippen LogP contribution in [0.2, 0.25) is 0 Å². The van der Waals surface area contributed by atoms with E-state index in [4.69, 9.17) is 4.74 Å². The average molecular weight is 220 g/mol. The first-order valence-corrected chi connectivity index (χ1v) is 6.26. The second kappa shape index (κ2) is 2.98. The van der Waals surface area contributed by atoms with Crippen LogP contribution in [0.1, 0.15) is 40.0 Å². The fourth-order valence-corrected chi connectivity index (χ4v) is 4.24. The van der Waals surface area contributed by atoms with Crippen LogP contribution in [0.5, 0.6) is 0 Å². The molecular formula is C14H20O2. The number of hydrogen-bond acceptors (Lipinski definition) is 2. The lowest BCUT2D eigenvalue weighted by Crippen LogP contribution is -2.35. The maximum absolute atomic E-state index is 11.6. The van der Waals surface area contributed by atoms with Crippen molar-refractivity contribution in [2.24, 2.45) is 16.7 Å². The molecule has 2 bridgehead atoms. The summed E-state index contributed by atoms with van der Waals surface area (Å²) in [6, 6.07) is 0. The molecule has 1 saturated carbocycles. The lowest BCUT2D eigenvalue weighted by Gasteiger charge is -2.30. The molecule has 2 nitrogen and oxygen atoms in total. The molecule has 3 aliphatic rings. The highest BCUT2D eigenvalue weighted by atomic mass is 16.5. The van der Waals surface area contributed by atoms with Crippen LogP contribution in [0, 0.1) is 16.7 Å². The molecule has 1 saturated heterocycles. The largest absolute Gasteiger partial charge is 0.369 e. The van der Waals surface area contributed by atoms with Gasteiger partial charge in [-0.15, -0.1) is 0 Å². The number of carbonyl (C=O) groups excluding carboxylic acids is 1. The maximum atomic E-state index is 11.6. The van der Waals surface area contributed by atoms with Gasteiger partial charge in [-0.3, -0.25) is 0 Å². The molecule has 0 aromatic heterocycles. The van der Waals surface area contributed by atoms with Gasteiger partial charge < -0.3 is 9.53 Å². The van der Waals surface area contributed by atoms with E-state index in [1.165, 1.54) is 11.9 Å².